The minimum Gasteiger partial charge on any atom is -0.484 e. The molecule has 0 fully saturated rings. The van der Waals surface area contributed by atoms with Gasteiger partial charge in [0.05, 0.1) is 5.75 Å². The molecule has 0 bridgehead atoms. The Labute approximate surface area is 164 Å². The highest BCUT2D eigenvalue weighted by molar-refractivity contribution is 7.99. The normalized spacial score (nSPS) is 10.6. The monoisotopic (exact) mass is 407 g/mol. The number of benzene rings is 2. The molecule has 0 atom stereocenters. The number of ether oxygens (including phenoxy) is 1. The van der Waals surface area contributed by atoms with Gasteiger partial charge in [0.2, 0.25) is 5.91 Å². The maximum Gasteiger partial charge on any atom is 0.277 e. The standard InChI is InChI=1S/C18H15ClFN3O3S/c1-11-14(20)3-2-4-15(11)21-16(24)10-27-18-23-22-17(26-18)9-25-13-7-5-12(19)6-8-13/h2-8H,9-10H2,1H3,(H,21,24). The van der Waals surface area contributed by atoms with E-state index in [4.69, 9.17) is 20.8 Å². The van der Waals surface area contributed by atoms with Crippen LogP contribution in [0.1, 0.15) is 11.5 Å². The molecule has 3 aromatic rings. The molecule has 27 heavy (non-hydrogen) atoms. The van der Waals surface area contributed by atoms with E-state index in [0.29, 0.717) is 22.0 Å². The van der Waals surface area contributed by atoms with E-state index in [-0.39, 0.29) is 35.2 Å². The van der Waals surface area contributed by atoms with Gasteiger partial charge in [0.15, 0.2) is 6.61 Å². The van der Waals surface area contributed by atoms with E-state index in [1.54, 1.807) is 37.3 Å². The lowest BCUT2D eigenvalue weighted by Gasteiger charge is -2.07. The van der Waals surface area contributed by atoms with Crippen LogP contribution in [0, 0.1) is 12.7 Å². The first-order valence-corrected chi connectivity index (χ1v) is 9.26. The number of hydrogen-bond acceptors (Lipinski definition) is 6. The first kappa shape index (κ1) is 19.2. The summed E-state index contributed by atoms with van der Waals surface area (Å²) in [5.41, 5.74) is 0.818. The van der Waals surface area contributed by atoms with Crippen molar-refractivity contribution in [3.63, 3.8) is 0 Å². The van der Waals surface area contributed by atoms with Gasteiger partial charge in [-0.05, 0) is 43.3 Å². The van der Waals surface area contributed by atoms with Crippen LogP contribution in [0.4, 0.5) is 10.1 Å². The highest BCUT2D eigenvalue weighted by atomic mass is 35.5. The van der Waals surface area contributed by atoms with E-state index in [9.17, 15) is 9.18 Å². The summed E-state index contributed by atoms with van der Waals surface area (Å²) >= 11 is 6.89. The lowest BCUT2D eigenvalue weighted by molar-refractivity contribution is -0.113. The molecule has 9 heteroatoms. The first-order valence-electron chi connectivity index (χ1n) is 7.90. The fourth-order valence-corrected chi connectivity index (χ4v) is 2.79. The third-order valence-corrected chi connectivity index (χ3v) is 4.56. The van der Waals surface area contributed by atoms with Crippen molar-refractivity contribution in [2.45, 2.75) is 18.8 Å². The predicted octanol–water partition coefficient (Wildman–Crippen LogP) is 4.48. The van der Waals surface area contributed by atoms with Gasteiger partial charge < -0.3 is 14.5 Å². The Morgan fingerprint density at radius 2 is 2.04 bits per heavy atom. The van der Waals surface area contributed by atoms with Crippen molar-refractivity contribution >= 4 is 35.0 Å². The van der Waals surface area contributed by atoms with Gasteiger partial charge in [-0.25, -0.2) is 4.39 Å². The third-order valence-electron chi connectivity index (χ3n) is 3.49. The Kier molecular flexibility index (Phi) is 6.31. The molecule has 1 aromatic heterocycles. The maximum atomic E-state index is 13.5. The first-order chi connectivity index (χ1) is 13.0. The lowest BCUT2D eigenvalue weighted by Crippen LogP contribution is -2.15. The van der Waals surface area contributed by atoms with Crippen LogP contribution in [0.25, 0.3) is 0 Å². The van der Waals surface area contributed by atoms with Crippen LogP contribution >= 0.6 is 23.4 Å². The summed E-state index contributed by atoms with van der Waals surface area (Å²) in [5.74, 6) is 0.286. The van der Waals surface area contributed by atoms with Crippen LogP contribution in [0.15, 0.2) is 52.1 Å². The smallest absolute Gasteiger partial charge is 0.277 e. The number of nitrogens with zero attached hydrogens (tertiary/aromatic N) is 2. The number of thioether (sulfide) groups is 1. The second kappa shape index (κ2) is 8.88. The Hall–Kier alpha value is -2.58. The van der Waals surface area contributed by atoms with Crippen molar-refractivity contribution in [3.8, 4) is 5.75 Å². The molecule has 6 nitrogen and oxygen atoms in total. The molecule has 0 radical (unpaired) electrons. The molecule has 140 valence electrons. The number of carbonyl (C=O) groups excluding carboxylic acids is 1. The van der Waals surface area contributed by atoms with Crippen LogP contribution in [-0.2, 0) is 11.4 Å². The average molecular weight is 408 g/mol. The molecule has 3 rings (SSSR count). The zero-order chi connectivity index (χ0) is 19.2. The predicted molar refractivity (Wildman–Crippen MR) is 101 cm³/mol. The summed E-state index contributed by atoms with van der Waals surface area (Å²) < 4.78 is 24.4. The molecule has 0 aliphatic carbocycles. The Morgan fingerprint density at radius 3 is 2.81 bits per heavy atom. The van der Waals surface area contributed by atoms with E-state index in [0.717, 1.165) is 11.8 Å². The maximum absolute atomic E-state index is 13.5. The number of amides is 1. The second-order valence-electron chi connectivity index (χ2n) is 5.45. The second-order valence-corrected chi connectivity index (χ2v) is 6.82. The minimum absolute atomic E-state index is 0.0512. The van der Waals surface area contributed by atoms with Crippen molar-refractivity contribution < 1.29 is 18.3 Å². The molecule has 0 aliphatic heterocycles. The number of halogens is 2. The van der Waals surface area contributed by atoms with Gasteiger partial charge in [-0.15, -0.1) is 10.2 Å². The molecule has 1 amide bonds. The molecule has 0 unspecified atom stereocenters. The molecule has 0 saturated carbocycles. The highest BCUT2D eigenvalue weighted by Crippen LogP contribution is 2.21. The van der Waals surface area contributed by atoms with Gasteiger partial charge in [-0.3, -0.25) is 4.79 Å². The van der Waals surface area contributed by atoms with E-state index < -0.39 is 0 Å². The van der Waals surface area contributed by atoms with Gasteiger partial charge in [-0.1, -0.05) is 29.4 Å². The SMILES string of the molecule is Cc1c(F)cccc1NC(=O)CSc1nnc(COc2ccc(Cl)cc2)o1. The van der Waals surface area contributed by atoms with E-state index in [1.807, 2.05) is 0 Å². The molecule has 2 aromatic carbocycles. The largest absolute Gasteiger partial charge is 0.484 e. The number of aromatic nitrogens is 2. The summed E-state index contributed by atoms with van der Waals surface area (Å²) in [6, 6.07) is 11.4. The van der Waals surface area contributed by atoms with E-state index >= 15 is 0 Å². The van der Waals surface area contributed by atoms with Crippen LogP contribution in [0.2, 0.25) is 5.02 Å². The highest BCUT2D eigenvalue weighted by Gasteiger charge is 2.12. The van der Waals surface area contributed by atoms with Crippen LogP contribution in [0.3, 0.4) is 0 Å². The lowest BCUT2D eigenvalue weighted by atomic mass is 10.2. The number of nitrogens with one attached hydrogen (secondary N) is 1. The molecule has 1 N–H and O–H groups in total. The van der Waals surface area contributed by atoms with Gasteiger partial charge >= 0.3 is 0 Å². The average Bonchev–Trinajstić information content (AvgIpc) is 3.11. The molecule has 0 aliphatic rings. The van der Waals surface area contributed by atoms with E-state index in [1.165, 1.54) is 12.1 Å². The minimum atomic E-state index is -0.373. The summed E-state index contributed by atoms with van der Waals surface area (Å²) in [6.07, 6.45) is 0. The molecule has 0 saturated heterocycles. The fourth-order valence-electron chi connectivity index (χ4n) is 2.09. The summed E-state index contributed by atoms with van der Waals surface area (Å²) in [7, 11) is 0. The number of rotatable bonds is 7. The van der Waals surface area contributed by atoms with Gasteiger partial charge in [0.25, 0.3) is 11.1 Å². The summed E-state index contributed by atoms with van der Waals surface area (Å²) in [6.45, 7) is 1.70. The Morgan fingerprint density at radius 1 is 1.26 bits per heavy atom. The van der Waals surface area contributed by atoms with Crippen molar-refractivity contribution in [2.75, 3.05) is 11.1 Å². The zero-order valence-corrected chi connectivity index (χ0v) is 15.8. The van der Waals surface area contributed by atoms with Crippen LogP contribution < -0.4 is 10.1 Å². The van der Waals surface area contributed by atoms with Crippen LogP contribution in [-0.4, -0.2) is 21.9 Å². The molecule has 0 spiro atoms. The molecule has 1 heterocycles. The van der Waals surface area contributed by atoms with Crippen molar-refractivity contribution in [2.24, 2.45) is 0 Å². The fraction of sp³-hybridized carbons (Fsp3) is 0.167. The summed E-state index contributed by atoms with van der Waals surface area (Å²) in [4.78, 5) is 12.0. The topological polar surface area (TPSA) is 77.2 Å². The van der Waals surface area contributed by atoms with Gasteiger partial charge in [-0.2, -0.15) is 0 Å². The van der Waals surface area contributed by atoms with Crippen molar-refractivity contribution in [3.05, 3.63) is 64.8 Å². The van der Waals surface area contributed by atoms with E-state index in [2.05, 4.69) is 15.5 Å². The quantitative estimate of drug-likeness (QED) is 0.582. The summed E-state index contributed by atoms with van der Waals surface area (Å²) in [5, 5.41) is 11.2. The van der Waals surface area contributed by atoms with Gasteiger partial charge in [0.1, 0.15) is 11.6 Å². The Balaban J connectivity index is 1.48. The van der Waals surface area contributed by atoms with Crippen molar-refractivity contribution in [1.82, 2.24) is 10.2 Å². The molecular formula is C18H15ClFN3O3S. The Bertz CT molecular complexity index is 934. The molecular weight excluding hydrogens is 393 g/mol. The third kappa shape index (κ3) is 5.45. The van der Waals surface area contributed by atoms with Crippen LogP contribution in [0.5, 0.6) is 5.75 Å². The number of hydrogen-bond donors (Lipinski definition) is 1. The van der Waals surface area contributed by atoms with Gasteiger partial charge in [0, 0.05) is 16.3 Å². The number of anilines is 1. The number of carbonyl (C=O) groups is 1. The van der Waals surface area contributed by atoms with Crippen molar-refractivity contribution in [1.29, 1.82) is 0 Å². The zero-order valence-electron chi connectivity index (χ0n) is 14.2.